The van der Waals surface area contributed by atoms with E-state index in [0.717, 1.165) is 42.9 Å². The Morgan fingerprint density at radius 3 is 2.56 bits per heavy atom. The van der Waals surface area contributed by atoms with Crippen LogP contribution in [0.2, 0.25) is 0 Å². The third-order valence-corrected chi connectivity index (χ3v) is 7.24. The van der Waals surface area contributed by atoms with Gasteiger partial charge in [0.2, 0.25) is 10.0 Å². The van der Waals surface area contributed by atoms with Crippen LogP contribution in [0.15, 0.2) is 47.5 Å². The maximum absolute atomic E-state index is 13.3. The predicted octanol–water partition coefficient (Wildman–Crippen LogP) is 2.75. The van der Waals surface area contributed by atoms with Crippen molar-refractivity contribution in [1.82, 2.24) is 9.29 Å². The topological polar surface area (TPSA) is 62.7 Å². The molecule has 3 heterocycles. The number of hydrogen-bond donors (Lipinski definition) is 0. The number of morpholine rings is 1. The van der Waals surface area contributed by atoms with Crippen LogP contribution in [0.1, 0.15) is 30.0 Å². The molecule has 27 heavy (non-hydrogen) atoms. The molecule has 0 amide bonds. The van der Waals surface area contributed by atoms with Gasteiger partial charge in [0.25, 0.3) is 0 Å². The van der Waals surface area contributed by atoms with Gasteiger partial charge in [0, 0.05) is 31.4 Å². The van der Waals surface area contributed by atoms with Crippen molar-refractivity contribution in [3.05, 3.63) is 53.7 Å². The number of aryl methyl sites for hydroxylation is 1. The molecule has 4 rings (SSSR count). The van der Waals surface area contributed by atoms with Gasteiger partial charge in [-0.05, 0) is 38.0 Å². The van der Waals surface area contributed by atoms with E-state index in [1.165, 1.54) is 0 Å². The first-order valence-corrected chi connectivity index (χ1v) is 10.9. The van der Waals surface area contributed by atoms with E-state index >= 15 is 0 Å². The Morgan fingerprint density at radius 1 is 1.07 bits per heavy atom. The number of aromatic nitrogens is 1. The summed E-state index contributed by atoms with van der Waals surface area (Å²) in [7, 11) is -3.54. The zero-order chi connectivity index (χ0) is 18.9. The zero-order valence-electron chi connectivity index (χ0n) is 15.5. The number of nitrogens with zero attached hydrogens (tertiary/aromatic N) is 3. The van der Waals surface area contributed by atoms with Crippen LogP contribution in [0.4, 0.5) is 5.82 Å². The van der Waals surface area contributed by atoms with Gasteiger partial charge in [0.15, 0.2) is 0 Å². The van der Waals surface area contributed by atoms with Crippen molar-refractivity contribution in [2.45, 2.75) is 30.7 Å². The van der Waals surface area contributed by atoms with Crippen molar-refractivity contribution < 1.29 is 13.2 Å². The molecule has 144 valence electrons. The van der Waals surface area contributed by atoms with E-state index in [4.69, 9.17) is 4.74 Å². The second-order valence-electron chi connectivity index (χ2n) is 7.10. The zero-order valence-corrected chi connectivity index (χ0v) is 16.4. The maximum Gasteiger partial charge on any atom is 0.243 e. The summed E-state index contributed by atoms with van der Waals surface area (Å²) in [5.74, 6) is 0.886. The molecule has 1 atom stereocenters. The van der Waals surface area contributed by atoms with Crippen molar-refractivity contribution in [1.29, 1.82) is 0 Å². The standard InChI is InChI=1S/C20H25N3O3S/c1-16-6-8-17(9-7-16)27(24,25)23-11-3-5-19(23)18-4-2-10-21-20(18)22-12-14-26-15-13-22/h2,4,6-10,19H,3,5,11-15H2,1H3/t19-/m0/s1. The number of hydrogen-bond acceptors (Lipinski definition) is 5. The average Bonchev–Trinajstić information content (AvgIpc) is 3.20. The Labute approximate surface area is 160 Å². The average molecular weight is 388 g/mol. The van der Waals surface area contributed by atoms with E-state index in [-0.39, 0.29) is 6.04 Å². The van der Waals surface area contributed by atoms with E-state index < -0.39 is 10.0 Å². The molecule has 0 radical (unpaired) electrons. The van der Waals surface area contributed by atoms with Crippen molar-refractivity contribution >= 4 is 15.8 Å². The number of sulfonamides is 1. The highest BCUT2D eigenvalue weighted by Gasteiger charge is 2.38. The van der Waals surface area contributed by atoms with Gasteiger partial charge in [-0.15, -0.1) is 0 Å². The van der Waals surface area contributed by atoms with Gasteiger partial charge in [-0.25, -0.2) is 13.4 Å². The molecule has 1 aromatic heterocycles. The minimum atomic E-state index is -3.54. The minimum Gasteiger partial charge on any atom is -0.378 e. The van der Waals surface area contributed by atoms with Crippen LogP contribution < -0.4 is 4.90 Å². The van der Waals surface area contributed by atoms with E-state index in [1.54, 1.807) is 22.6 Å². The third kappa shape index (κ3) is 3.59. The lowest BCUT2D eigenvalue weighted by Crippen LogP contribution is -2.38. The second-order valence-corrected chi connectivity index (χ2v) is 8.99. The molecular weight excluding hydrogens is 362 g/mol. The number of rotatable bonds is 4. The summed E-state index contributed by atoms with van der Waals surface area (Å²) in [6.45, 7) is 5.40. The van der Waals surface area contributed by atoms with Crippen LogP contribution in [0.3, 0.4) is 0 Å². The number of ether oxygens (including phenoxy) is 1. The van der Waals surface area contributed by atoms with E-state index in [1.807, 2.05) is 31.2 Å². The highest BCUT2D eigenvalue weighted by molar-refractivity contribution is 7.89. The Balaban J connectivity index is 1.69. The van der Waals surface area contributed by atoms with E-state index in [2.05, 4.69) is 9.88 Å². The highest BCUT2D eigenvalue weighted by Crippen LogP contribution is 2.39. The van der Waals surface area contributed by atoms with Gasteiger partial charge in [-0.1, -0.05) is 23.8 Å². The Kier molecular flexibility index (Phi) is 5.16. The number of anilines is 1. The molecule has 0 aliphatic carbocycles. The van der Waals surface area contributed by atoms with Crippen LogP contribution in [-0.2, 0) is 14.8 Å². The van der Waals surface area contributed by atoms with E-state index in [9.17, 15) is 8.42 Å². The number of benzene rings is 1. The summed E-state index contributed by atoms with van der Waals surface area (Å²) < 4.78 is 33.7. The molecule has 2 saturated heterocycles. The Hall–Kier alpha value is -1.96. The molecule has 0 unspecified atom stereocenters. The first-order valence-electron chi connectivity index (χ1n) is 9.43. The molecule has 0 spiro atoms. The highest BCUT2D eigenvalue weighted by atomic mass is 32.2. The normalized spacial score (nSPS) is 21.5. The van der Waals surface area contributed by atoms with Crippen LogP contribution in [0.25, 0.3) is 0 Å². The van der Waals surface area contributed by atoms with Crippen LogP contribution >= 0.6 is 0 Å². The molecule has 7 heteroatoms. The summed E-state index contributed by atoms with van der Waals surface area (Å²) >= 11 is 0. The molecule has 2 aliphatic rings. The fraction of sp³-hybridized carbons (Fsp3) is 0.450. The van der Waals surface area contributed by atoms with Gasteiger partial charge in [0.1, 0.15) is 5.82 Å². The van der Waals surface area contributed by atoms with Crippen molar-refractivity contribution in [3.8, 4) is 0 Å². The molecule has 0 bridgehead atoms. The van der Waals surface area contributed by atoms with Gasteiger partial charge in [0.05, 0.1) is 24.2 Å². The van der Waals surface area contributed by atoms with Crippen molar-refractivity contribution in [2.75, 3.05) is 37.7 Å². The molecule has 6 nitrogen and oxygen atoms in total. The SMILES string of the molecule is Cc1ccc(S(=O)(=O)N2CCC[C@H]2c2cccnc2N2CCOCC2)cc1. The number of pyridine rings is 1. The first kappa shape index (κ1) is 18.4. The molecule has 2 aliphatic heterocycles. The monoisotopic (exact) mass is 387 g/mol. The summed E-state index contributed by atoms with van der Waals surface area (Å²) in [6.07, 6.45) is 3.45. The fourth-order valence-corrected chi connectivity index (χ4v) is 5.57. The summed E-state index contributed by atoms with van der Waals surface area (Å²) in [4.78, 5) is 7.16. The van der Waals surface area contributed by atoms with Crippen LogP contribution in [0.5, 0.6) is 0 Å². The lowest BCUT2D eigenvalue weighted by molar-refractivity contribution is 0.122. The van der Waals surface area contributed by atoms with E-state index in [0.29, 0.717) is 24.7 Å². The maximum atomic E-state index is 13.3. The third-order valence-electron chi connectivity index (χ3n) is 5.32. The molecular formula is C20H25N3O3S. The minimum absolute atomic E-state index is 0.178. The predicted molar refractivity (Wildman–Crippen MR) is 104 cm³/mol. The van der Waals surface area contributed by atoms with Crippen molar-refractivity contribution in [2.24, 2.45) is 0 Å². The quantitative estimate of drug-likeness (QED) is 0.807. The molecule has 0 N–H and O–H groups in total. The van der Waals surface area contributed by atoms with Gasteiger partial charge in [-0.3, -0.25) is 0 Å². The van der Waals surface area contributed by atoms with Gasteiger partial charge < -0.3 is 9.64 Å². The summed E-state index contributed by atoms with van der Waals surface area (Å²) in [5, 5.41) is 0. The van der Waals surface area contributed by atoms with Crippen molar-refractivity contribution in [3.63, 3.8) is 0 Å². The summed E-state index contributed by atoms with van der Waals surface area (Å²) in [5.41, 5.74) is 2.04. The van der Waals surface area contributed by atoms with Crippen LogP contribution in [0, 0.1) is 6.92 Å². The smallest absolute Gasteiger partial charge is 0.243 e. The first-order chi connectivity index (χ1) is 13.1. The summed E-state index contributed by atoms with van der Waals surface area (Å²) in [6, 6.07) is 10.8. The van der Waals surface area contributed by atoms with Gasteiger partial charge >= 0.3 is 0 Å². The Bertz CT molecular complexity index is 893. The molecule has 2 aromatic rings. The molecule has 1 aromatic carbocycles. The fourth-order valence-electron chi connectivity index (χ4n) is 3.89. The molecule has 0 saturated carbocycles. The lowest BCUT2D eigenvalue weighted by Gasteiger charge is -2.32. The van der Waals surface area contributed by atoms with Crippen LogP contribution in [-0.4, -0.2) is 50.6 Å². The largest absolute Gasteiger partial charge is 0.378 e. The van der Waals surface area contributed by atoms with Gasteiger partial charge in [-0.2, -0.15) is 4.31 Å². The lowest BCUT2D eigenvalue weighted by atomic mass is 10.1. The Morgan fingerprint density at radius 2 is 1.81 bits per heavy atom. The second kappa shape index (κ2) is 7.58. The molecule has 2 fully saturated rings.